The van der Waals surface area contributed by atoms with Crippen molar-refractivity contribution < 1.29 is 19.3 Å². The van der Waals surface area contributed by atoms with Gasteiger partial charge in [-0.3, -0.25) is 0 Å². The Labute approximate surface area is 98.1 Å². The van der Waals surface area contributed by atoms with Gasteiger partial charge in [0.25, 0.3) is 0 Å². The first kappa shape index (κ1) is 15.8. The lowest BCUT2D eigenvalue weighted by atomic mass is 10.3. The highest BCUT2D eigenvalue weighted by atomic mass is 16.5. The molecular formula is C11H25NO4. The Morgan fingerprint density at radius 1 is 1.19 bits per heavy atom. The van der Waals surface area contributed by atoms with E-state index in [1.165, 1.54) is 0 Å². The maximum atomic E-state index is 9.55. The molecule has 5 nitrogen and oxygen atoms in total. The van der Waals surface area contributed by atoms with Crippen LogP contribution in [0.5, 0.6) is 0 Å². The van der Waals surface area contributed by atoms with E-state index in [1.807, 2.05) is 13.8 Å². The molecule has 98 valence electrons. The number of aliphatic hydroxyl groups is 1. The topological polar surface area (TPSA) is 60.0 Å². The van der Waals surface area contributed by atoms with E-state index < -0.39 is 6.10 Å². The number of ether oxygens (including phenoxy) is 3. The Morgan fingerprint density at radius 2 is 1.88 bits per heavy atom. The van der Waals surface area contributed by atoms with Gasteiger partial charge in [-0.25, -0.2) is 0 Å². The van der Waals surface area contributed by atoms with E-state index >= 15 is 0 Å². The van der Waals surface area contributed by atoms with Crippen LogP contribution in [0, 0.1) is 0 Å². The molecule has 2 N–H and O–H groups in total. The van der Waals surface area contributed by atoms with Gasteiger partial charge in [0.15, 0.2) is 0 Å². The molecular weight excluding hydrogens is 210 g/mol. The highest BCUT2D eigenvalue weighted by molar-refractivity contribution is 4.64. The second-order valence-electron chi connectivity index (χ2n) is 3.69. The van der Waals surface area contributed by atoms with E-state index in [4.69, 9.17) is 14.2 Å². The smallest absolute Gasteiger partial charge is 0.0897 e. The van der Waals surface area contributed by atoms with Gasteiger partial charge in [-0.2, -0.15) is 0 Å². The predicted octanol–water partition coefficient (Wildman–Crippen LogP) is 0.0249. The minimum Gasteiger partial charge on any atom is -0.389 e. The summed E-state index contributed by atoms with van der Waals surface area (Å²) in [6.45, 7) is 7.23. The van der Waals surface area contributed by atoms with Crippen LogP contribution in [0.1, 0.15) is 13.8 Å². The van der Waals surface area contributed by atoms with Crippen LogP contribution < -0.4 is 5.32 Å². The quantitative estimate of drug-likeness (QED) is 0.495. The van der Waals surface area contributed by atoms with E-state index in [2.05, 4.69) is 5.32 Å². The molecule has 0 bridgehead atoms. The average Bonchev–Trinajstić information content (AvgIpc) is 2.26. The lowest BCUT2D eigenvalue weighted by molar-refractivity contribution is 0.00510. The van der Waals surface area contributed by atoms with E-state index in [-0.39, 0.29) is 6.04 Å². The van der Waals surface area contributed by atoms with Gasteiger partial charge in [0.2, 0.25) is 0 Å². The van der Waals surface area contributed by atoms with Crippen LogP contribution in [-0.2, 0) is 14.2 Å². The fourth-order valence-corrected chi connectivity index (χ4v) is 1.19. The van der Waals surface area contributed by atoms with Crippen LogP contribution >= 0.6 is 0 Å². The van der Waals surface area contributed by atoms with Crippen LogP contribution in [0.25, 0.3) is 0 Å². The Kier molecular flexibility index (Phi) is 11.1. The largest absolute Gasteiger partial charge is 0.389 e. The third-order valence-electron chi connectivity index (χ3n) is 2.00. The van der Waals surface area contributed by atoms with E-state index in [1.54, 1.807) is 7.11 Å². The second kappa shape index (κ2) is 11.3. The number of aliphatic hydroxyl groups excluding tert-OH is 1. The lowest BCUT2D eigenvalue weighted by Crippen LogP contribution is -2.38. The average molecular weight is 235 g/mol. The fourth-order valence-electron chi connectivity index (χ4n) is 1.19. The summed E-state index contributed by atoms with van der Waals surface area (Å²) in [4.78, 5) is 0. The first-order valence-corrected chi connectivity index (χ1v) is 5.76. The minimum atomic E-state index is -0.485. The second-order valence-corrected chi connectivity index (χ2v) is 3.69. The summed E-state index contributed by atoms with van der Waals surface area (Å²) in [5.74, 6) is 0. The molecule has 0 spiro atoms. The monoisotopic (exact) mass is 235 g/mol. The zero-order valence-corrected chi connectivity index (χ0v) is 10.6. The van der Waals surface area contributed by atoms with Crippen molar-refractivity contribution >= 4 is 0 Å². The molecule has 0 aliphatic rings. The third kappa shape index (κ3) is 10.3. The Hall–Kier alpha value is -0.200. The zero-order chi connectivity index (χ0) is 12.2. The third-order valence-corrected chi connectivity index (χ3v) is 2.00. The number of hydrogen-bond donors (Lipinski definition) is 2. The molecule has 0 radical (unpaired) electrons. The van der Waals surface area contributed by atoms with Gasteiger partial charge in [-0.1, -0.05) is 0 Å². The van der Waals surface area contributed by atoms with Gasteiger partial charge in [0.1, 0.15) is 0 Å². The zero-order valence-electron chi connectivity index (χ0n) is 10.6. The molecule has 2 atom stereocenters. The van der Waals surface area contributed by atoms with E-state index in [0.29, 0.717) is 39.6 Å². The van der Waals surface area contributed by atoms with Gasteiger partial charge in [-0.05, 0) is 13.8 Å². The molecule has 2 unspecified atom stereocenters. The van der Waals surface area contributed by atoms with Crippen molar-refractivity contribution in [3.63, 3.8) is 0 Å². The van der Waals surface area contributed by atoms with Gasteiger partial charge < -0.3 is 24.6 Å². The molecule has 0 aliphatic heterocycles. The van der Waals surface area contributed by atoms with Gasteiger partial charge in [0.05, 0.1) is 32.5 Å². The Morgan fingerprint density at radius 3 is 2.50 bits per heavy atom. The molecule has 5 heteroatoms. The highest BCUT2D eigenvalue weighted by Crippen LogP contribution is 1.88. The van der Waals surface area contributed by atoms with Gasteiger partial charge in [0, 0.05) is 26.3 Å². The Bertz CT molecular complexity index is 146. The highest BCUT2D eigenvalue weighted by Gasteiger charge is 2.06. The van der Waals surface area contributed by atoms with Gasteiger partial charge in [-0.15, -0.1) is 0 Å². The summed E-state index contributed by atoms with van der Waals surface area (Å²) in [6.07, 6.45) is -0.485. The van der Waals surface area contributed by atoms with Gasteiger partial charge >= 0.3 is 0 Å². The molecule has 0 saturated heterocycles. The molecule has 16 heavy (non-hydrogen) atoms. The lowest BCUT2D eigenvalue weighted by Gasteiger charge is -2.16. The van der Waals surface area contributed by atoms with Crippen LogP contribution in [0.3, 0.4) is 0 Å². The van der Waals surface area contributed by atoms with Crippen LogP contribution in [-0.4, -0.2) is 63.9 Å². The molecule has 0 saturated carbocycles. The molecule has 0 aromatic heterocycles. The molecule has 0 aliphatic carbocycles. The summed E-state index contributed by atoms with van der Waals surface area (Å²) in [7, 11) is 1.66. The summed E-state index contributed by atoms with van der Waals surface area (Å²) < 4.78 is 15.3. The SMILES string of the molecule is CCOCCOCC(O)CNC(C)COC. The van der Waals surface area contributed by atoms with Crippen molar-refractivity contribution in [2.45, 2.75) is 26.0 Å². The molecule has 0 rings (SSSR count). The van der Waals surface area contributed by atoms with Crippen LogP contribution in [0.15, 0.2) is 0 Å². The molecule has 0 amide bonds. The first-order valence-electron chi connectivity index (χ1n) is 5.76. The number of methoxy groups -OCH3 is 1. The minimum absolute atomic E-state index is 0.239. The Balaban J connectivity index is 3.27. The number of hydrogen-bond acceptors (Lipinski definition) is 5. The molecule has 0 aromatic rings. The molecule has 0 heterocycles. The first-order chi connectivity index (χ1) is 7.70. The van der Waals surface area contributed by atoms with Crippen molar-refractivity contribution in [3.8, 4) is 0 Å². The fraction of sp³-hybridized carbons (Fsp3) is 1.00. The summed E-state index contributed by atoms with van der Waals surface area (Å²) in [6, 6.07) is 0.239. The van der Waals surface area contributed by atoms with Crippen LogP contribution in [0.4, 0.5) is 0 Å². The van der Waals surface area contributed by atoms with Crippen molar-refractivity contribution in [3.05, 3.63) is 0 Å². The summed E-state index contributed by atoms with van der Waals surface area (Å²) in [5.41, 5.74) is 0. The standard InChI is InChI=1S/C11H25NO4/c1-4-15-5-6-16-9-11(13)7-12-10(2)8-14-3/h10-13H,4-9H2,1-3H3. The van der Waals surface area contributed by atoms with E-state index in [9.17, 15) is 5.11 Å². The number of rotatable bonds is 11. The maximum absolute atomic E-state index is 9.55. The van der Waals surface area contributed by atoms with Crippen molar-refractivity contribution in [1.29, 1.82) is 0 Å². The normalized spacial score (nSPS) is 15.0. The molecule has 0 fully saturated rings. The summed E-state index contributed by atoms with van der Waals surface area (Å²) >= 11 is 0. The van der Waals surface area contributed by atoms with Crippen molar-refractivity contribution in [1.82, 2.24) is 5.32 Å². The number of nitrogens with one attached hydrogen (secondary N) is 1. The van der Waals surface area contributed by atoms with E-state index in [0.717, 1.165) is 0 Å². The summed E-state index contributed by atoms with van der Waals surface area (Å²) in [5, 5.41) is 12.7. The maximum Gasteiger partial charge on any atom is 0.0897 e. The van der Waals surface area contributed by atoms with Crippen LogP contribution in [0.2, 0.25) is 0 Å². The molecule has 0 aromatic carbocycles. The van der Waals surface area contributed by atoms with Crippen molar-refractivity contribution in [2.75, 3.05) is 46.7 Å². The van der Waals surface area contributed by atoms with Crippen molar-refractivity contribution in [2.24, 2.45) is 0 Å². The predicted molar refractivity (Wildman–Crippen MR) is 62.7 cm³/mol.